The van der Waals surface area contributed by atoms with E-state index in [1.807, 2.05) is 6.92 Å². The van der Waals surface area contributed by atoms with Gasteiger partial charge in [-0.15, -0.1) is 0 Å². The lowest BCUT2D eigenvalue weighted by molar-refractivity contribution is 0.565. The summed E-state index contributed by atoms with van der Waals surface area (Å²) >= 11 is 5.98. The van der Waals surface area contributed by atoms with Crippen LogP contribution in [-0.4, -0.2) is 8.42 Å². The maximum absolute atomic E-state index is 14.0. The first-order valence-electron chi connectivity index (χ1n) is 6.05. The number of nitrogen functional groups attached to an aromatic ring is 1. The third-order valence-electron chi connectivity index (χ3n) is 2.90. The highest BCUT2D eigenvalue weighted by Gasteiger charge is 2.22. The standard InChI is InChI=1S/C14H14ClFN2O2S/c1-8-3-4-12(11(15)5-8)18-21(19,20)13-7-10(17)6-9(2)14(13)16/h3-7,18H,17H2,1-2H3. The highest BCUT2D eigenvalue weighted by Crippen LogP contribution is 2.28. The van der Waals surface area contributed by atoms with E-state index in [0.29, 0.717) is 0 Å². The Bertz CT molecular complexity index is 807. The van der Waals surface area contributed by atoms with Gasteiger partial charge < -0.3 is 5.73 Å². The largest absolute Gasteiger partial charge is 0.399 e. The van der Waals surface area contributed by atoms with E-state index in [1.54, 1.807) is 12.1 Å². The fourth-order valence-electron chi connectivity index (χ4n) is 1.86. The van der Waals surface area contributed by atoms with Crippen molar-refractivity contribution >= 4 is 33.0 Å². The smallest absolute Gasteiger partial charge is 0.264 e. The summed E-state index contributed by atoms with van der Waals surface area (Å²) in [7, 11) is -4.11. The molecule has 3 N–H and O–H groups in total. The molecule has 0 aliphatic rings. The normalized spacial score (nSPS) is 11.4. The molecule has 21 heavy (non-hydrogen) atoms. The van der Waals surface area contributed by atoms with Crippen molar-refractivity contribution in [1.29, 1.82) is 0 Å². The summed E-state index contributed by atoms with van der Waals surface area (Å²) in [6.07, 6.45) is 0. The molecular formula is C14H14ClFN2O2S. The summed E-state index contributed by atoms with van der Waals surface area (Å²) in [6.45, 7) is 3.27. The summed E-state index contributed by atoms with van der Waals surface area (Å²) in [5.74, 6) is -0.833. The molecule has 4 nitrogen and oxygen atoms in total. The molecule has 2 aromatic carbocycles. The van der Waals surface area contributed by atoms with E-state index in [0.717, 1.165) is 11.6 Å². The molecule has 0 bridgehead atoms. The van der Waals surface area contributed by atoms with Crippen LogP contribution >= 0.6 is 11.6 Å². The number of aryl methyl sites for hydroxylation is 2. The summed E-state index contributed by atoms with van der Waals surface area (Å²) in [4.78, 5) is -0.503. The minimum Gasteiger partial charge on any atom is -0.399 e. The van der Waals surface area contributed by atoms with E-state index in [9.17, 15) is 12.8 Å². The second-order valence-electron chi connectivity index (χ2n) is 4.74. The molecule has 2 rings (SSSR count). The van der Waals surface area contributed by atoms with Crippen LogP contribution in [-0.2, 0) is 10.0 Å². The Morgan fingerprint density at radius 3 is 2.48 bits per heavy atom. The van der Waals surface area contributed by atoms with Gasteiger partial charge in [0, 0.05) is 5.69 Å². The second-order valence-corrected chi connectivity index (χ2v) is 6.80. The SMILES string of the molecule is Cc1ccc(NS(=O)(=O)c2cc(N)cc(C)c2F)c(Cl)c1. The van der Waals surface area contributed by atoms with Gasteiger partial charge in [0.2, 0.25) is 0 Å². The van der Waals surface area contributed by atoms with Crippen LogP contribution < -0.4 is 10.5 Å². The fourth-order valence-corrected chi connectivity index (χ4v) is 3.47. The number of anilines is 2. The maximum Gasteiger partial charge on any atom is 0.264 e. The fraction of sp³-hybridized carbons (Fsp3) is 0.143. The zero-order valence-electron chi connectivity index (χ0n) is 11.4. The van der Waals surface area contributed by atoms with Crippen molar-refractivity contribution in [1.82, 2.24) is 0 Å². The van der Waals surface area contributed by atoms with Gasteiger partial charge in [-0.3, -0.25) is 4.72 Å². The van der Waals surface area contributed by atoms with Crippen molar-refractivity contribution in [2.45, 2.75) is 18.7 Å². The molecule has 0 heterocycles. The molecule has 0 spiro atoms. The lowest BCUT2D eigenvalue weighted by Crippen LogP contribution is -2.16. The van der Waals surface area contributed by atoms with Gasteiger partial charge in [-0.1, -0.05) is 17.7 Å². The average Bonchev–Trinajstić information content (AvgIpc) is 2.37. The zero-order valence-corrected chi connectivity index (χ0v) is 13.0. The van der Waals surface area contributed by atoms with Gasteiger partial charge in [-0.2, -0.15) is 0 Å². The van der Waals surface area contributed by atoms with E-state index < -0.39 is 20.7 Å². The number of hydrogen-bond acceptors (Lipinski definition) is 3. The van der Waals surface area contributed by atoms with Crippen molar-refractivity contribution in [3.8, 4) is 0 Å². The Balaban J connectivity index is 2.48. The lowest BCUT2D eigenvalue weighted by Gasteiger charge is -2.12. The summed E-state index contributed by atoms with van der Waals surface area (Å²) in [5, 5.41) is 0.236. The molecule has 0 fully saturated rings. The summed E-state index contributed by atoms with van der Waals surface area (Å²) in [6, 6.07) is 7.28. The highest BCUT2D eigenvalue weighted by atomic mass is 35.5. The summed E-state index contributed by atoms with van der Waals surface area (Å²) in [5.41, 5.74) is 6.98. The van der Waals surface area contributed by atoms with Crippen molar-refractivity contribution < 1.29 is 12.8 Å². The molecule has 0 saturated heterocycles. The maximum atomic E-state index is 14.0. The van der Waals surface area contributed by atoms with E-state index in [-0.39, 0.29) is 22.0 Å². The minimum absolute atomic E-state index is 0.158. The van der Waals surface area contributed by atoms with Crippen LogP contribution in [0.1, 0.15) is 11.1 Å². The minimum atomic E-state index is -4.11. The number of rotatable bonds is 3. The van der Waals surface area contributed by atoms with Crippen LogP contribution in [0.15, 0.2) is 35.2 Å². The third kappa shape index (κ3) is 3.28. The van der Waals surface area contributed by atoms with Gasteiger partial charge in [0.05, 0.1) is 10.7 Å². The first-order valence-corrected chi connectivity index (χ1v) is 7.91. The Hall–Kier alpha value is -1.79. The van der Waals surface area contributed by atoms with Crippen LogP contribution in [0.25, 0.3) is 0 Å². The molecule has 0 saturated carbocycles. The first-order chi connectivity index (χ1) is 9.70. The predicted octanol–water partition coefficient (Wildman–Crippen LogP) is 3.48. The van der Waals surface area contributed by atoms with Gasteiger partial charge >= 0.3 is 0 Å². The topological polar surface area (TPSA) is 72.2 Å². The van der Waals surface area contributed by atoms with Crippen LogP contribution in [0.5, 0.6) is 0 Å². The molecule has 0 aromatic heterocycles. The molecule has 0 unspecified atom stereocenters. The van der Waals surface area contributed by atoms with Gasteiger partial charge in [0.1, 0.15) is 10.7 Å². The Labute approximate surface area is 127 Å². The quantitative estimate of drug-likeness (QED) is 0.847. The van der Waals surface area contributed by atoms with Gasteiger partial charge in [0.15, 0.2) is 0 Å². The monoisotopic (exact) mass is 328 g/mol. The van der Waals surface area contributed by atoms with Crippen LogP contribution in [0, 0.1) is 19.7 Å². The third-order valence-corrected chi connectivity index (χ3v) is 4.58. The molecular weight excluding hydrogens is 315 g/mol. The van der Waals surface area contributed by atoms with Crippen molar-refractivity contribution in [3.05, 3.63) is 52.3 Å². The zero-order chi connectivity index (χ0) is 15.8. The van der Waals surface area contributed by atoms with Gasteiger partial charge in [-0.05, 0) is 49.2 Å². The number of nitrogens with two attached hydrogens (primary N) is 1. The number of halogens is 2. The number of benzene rings is 2. The molecule has 0 aliphatic heterocycles. The van der Waals surface area contributed by atoms with Crippen molar-refractivity contribution in [3.63, 3.8) is 0 Å². The number of hydrogen-bond donors (Lipinski definition) is 2. The molecule has 0 aliphatic carbocycles. The van der Waals surface area contributed by atoms with Crippen molar-refractivity contribution in [2.24, 2.45) is 0 Å². The molecule has 7 heteroatoms. The van der Waals surface area contributed by atoms with E-state index in [2.05, 4.69) is 4.72 Å². The Kier molecular flexibility index (Phi) is 4.11. The van der Waals surface area contributed by atoms with Crippen molar-refractivity contribution in [2.75, 3.05) is 10.5 Å². The van der Waals surface area contributed by atoms with Crippen LogP contribution in [0.3, 0.4) is 0 Å². The Morgan fingerprint density at radius 1 is 1.19 bits per heavy atom. The molecule has 0 radical (unpaired) electrons. The molecule has 0 amide bonds. The van der Waals surface area contributed by atoms with E-state index in [4.69, 9.17) is 17.3 Å². The van der Waals surface area contributed by atoms with Gasteiger partial charge in [0.25, 0.3) is 10.0 Å². The first kappa shape index (κ1) is 15.6. The highest BCUT2D eigenvalue weighted by molar-refractivity contribution is 7.92. The molecule has 0 atom stereocenters. The van der Waals surface area contributed by atoms with E-state index in [1.165, 1.54) is 19.1 Å². The predicted molar refractivity (Wildman–Crippen MR) is 82.5 cm³/mol. The molecule has 2 aromatic rings. The number of sulfonamides is 1. The summed E-state index contributed by atoms with van der Waals surface area (Å²) < 4.78 is 40.9. The second kappa shape index (κ2) is 5.54. The van der Waals surface area contributed by atoms with Crippen LogP contribution in [0.4, 0.5) is 15.8 Å². The van der Waals surface area contributed by atoms with E-state index >= 15 is 0 Å². The number of nitrogens with one attached hydrogen (secondary N) is 1. The Morgan fingerprint density at radius 2 is 1.86 bits per heavy atom. The average molecular weight is 329 g/mol. The van der Waals surface area contributed by atoms with Crippen LogP contribution in [0.2, 0.25) is 5.02 Å². The molecule has 112 valence electrons. The van der Waals surface area contributed by atoms with Gasteiger partial charge in [-0.25, -0.2) is 12.8 Å². The lowest BCUT2D eigenvalue weighted by atomic mass is 10.2.